The molecule has 0 atom stereocenters. The standard InChI is InChI=1S/C30H32N6O6/c1-30(2,3)42-29(40)33-13-14-34(24(37)17-33)19-4-6-20(7-5-19)35-12-10-22-25(27(31)38)32-36(26(22)28(35)39)21-8-9-23-18(16-21)11-15-41-23/h4-9,16H,10-15,17H2,1-3H3,(H2,31,38). The molecule has 0 spiro atoms. The maximum atomic E-state index is 13.9. The number of piperazine rings is 1. The second-order valence-corrected chi connectivity index (χ2v) is 11.5. The molecule has 4 amide bonds. The molecule has 2 N–H and O–H groups in total. The van der Waals surface area contributed by atoms with Crippen LogP contribution in [0.3, 0.4) is 0 Å². The molecule has 2 aromatic carbocycles. The number of anilines is 2. The Morgan fingerprint density at radius 3 is 2.29 bits per heavy atom. The number of benzene rings is 2. The first-order chi connectivity index (χ1) is 20.0. The fourth-order valence-corrected chi connectivity index (χ4v) is 5.54. The average Bonchev–Trinajstić information content (AvgIpc) is 3.57. The van der Waals surface area contributed by atoms with E-state index in [1.54, 1.807) is 54.8 Å². The van der Waals surface area contributed by atoms with Gasteiger partial charge in [-0.05, 0) is 75.2 Å². The zero-order chi connectivity index (χ0) is 29.8. The SMILES string of the molecule is CC(C)(C)OC(=O)N1CCN(c2ccc(N3CCc4c(C(N)=O)nn(-c5ccc6c(c5)CCO6)c4C3=O)cc2)C(=O)C1. The van der Waals surface area contributed by atoms with Crippen molar-refractivity contribution >= 4 is 35.2 Å². The first-order valence-electron chi connectivity index (χ1n) is 13.9. The van der Waals surface area contributed by atoms with Crippen LogP contribution in [0.4, 0.5) is 16.2 Å². The molecule has 3 aromatic rings. The summed E-state index contributed by atoms with van der Waals surface area (Å²) in [4.78, 5) is 56.1. The van der Waals surface area contributed by atoms with Crippen LogP contribution in [0.1, 0.15) is 52.9 Å². The Hall–Kier alpha value is -4.87. The van der Waals surface area contributed by atoms with E-state index in [0.717, 1.165) is 17.7 Å². The molecule has 0 bridgehead atoms. The Labute approximate surface area is 242 Å². The van der Waals surface area contributed by atoms with Crippen LogP contribution in [0.15, 0.2) is 42.5 Å². The van der Waals surface area contributed by atoms with Crippen molar-refractivity contribution in [3.8, 4) is 11.4 Å². The Balaban J connectivity index is 1.23. The number of fused-ring (bicyclic) bond motifs is 2. The van der Waals surface area contributed by atoms with Crippen molar-refractivity contribution in [2.45, 2.75) is 39.2 Å². The third-order valence-electron chi connectivity index (χ3n) is 7.51. The van der Waals surface area contributed by atoms with Gasteiger partial charge < -0.3 is 25.0 Å². The van der Waals surface area contributed by atoms with E-state index in [1.165, 1.54) is 9.58 Å². The van der Waals surface area contributed by atoms with Crippen molar-refractivity contribution in [3.63, 3.8) is 0 Å². The average molecular weight is 573 g/mol. The summed E-state index contributed by atoms with van der Waals surface area (Å²) < 4.78 is 12.5. The molecule has 42 heavy (non-hydrogen) atoms. The van der Waals surface area contributed by atoms with Gasteiger partial charge in [-0.3, -0.25) is 19.3 Å². The van der Waals surface area contributed by atoms with Crippen molar-refractivity contribution in [2.24, 2.45) is 5.73 Å². The monoisotopic (exact) mass is 572 g/mol. The highest BCUT2D eigenvalue weighted by molar-refractivity contribution is 6.09. The van der Waals surface area contributed by atoms with Gasteiger partial charge in [0.25, 0.3) is 11.8 Å². The summed E-state index contributed by atoms with van der Waals surface area (Å²) in [6.07, 6.45) is 0.640. The summed E-state index contributed by atoms with van der Waals surface area (Å²) >= 11 is 0. The van der Waals surface area contributed by atoms with Crippen LogP contribution in [0.2, 0.25) is 0 Å². The van der Waals surface area contributed by atoms with Crippen LogP contribution >= 0.6 is 0 Å². The molecule has 4 heterocycles. The van der Waals surface area contributed by atoms with Crippen LogP contribution in [-0.2, 0) is 22.4 Å². The molecular weight excluding hydrogens is 540 g/mol. The predicted molar refractivity (Wildman–Crippen MR) is 153 cm³/mol. The second kappa shape index (κ2) is 10.2. The highest BCUT2D eigenvalue weighted by atomic mass is 16.6. The summed E-state index contributed by atoms with van der Waals surface area (Å²) in [6.45, 7) is 6.87. The highest BCUT2D eigenvalue weighted by Crippen LogP contribution is 2.32. The van der Waals surface area contributed by atoms with Gasteiger partial charge in [0.2, 0.25) is 5.91 Å². The zero-order valence-electron chi connectivity index (χ0n) is 23.8. The van der Waals surface area contributed by atoms with Crippen molar-refractivity contribution in [1.29, 1.82) is 0 Å². The molecule has 3 aliphatic heterocycles. The van der Waals surface area contributed by atoms with Crippen LogP contribution in [-0.4, -0.2) is 76.9 Å². The van der Waals surface area contributed by atoms with E-state index in [2.05, 4.69) is 5.10 Å². The van der Waals surface area contributed by atoms with Gasteiger partial charge in [0.05, 0.1) is 12.3 Å². The van der Waals surface area contributed by atoms with Gasteiger partial charge in [0, 0.05) is 43.0 Å². The molecule has 12 heteroatoms. The van der Waals surface area contributed by atoms with Gasteiger partial charge in [-0.2, -0.15) is 5.10 Å². The number of hydrogen-bond donors (Lipinski definition) is 1. The minimum Gasteiger partial charge on any atom is -0.493 e. The Morgan fingerprint density at radius 2 is 1.62 bits per heavy atom. The Kier molecular flexibility index (Phi) is 6.63. The van der Waals surface area contributed by atoms with E-state index in [1.807, 2.05) is 18.2 Å². The van der Waals surface area contributed by atoms with Gasteiger partial charge in [-0.25, -0.2) is 9.48 Å². The molecule has 12 nitrogen and oxygen atoms in total. The number of hydrogen-bond acceptors (Lipinski definition) is 7. The van der Waals surface area contributed by atoms with Crippen LogP contribution in [0, 0.1) is 0 Å². The highest BCUT2D eigenvalue weighted by Gasteiger charge is 2.35. The molecule has 0 aliphatic carbocycles. The summed E-state index contributed by atoms with van der Waals surface area (Å²) in [6, 6.07) is 12.7. The number of carbonyl (C=O) groups is 4. The van der Waals surface area contributed by atoms with Gasteiger partial charge in [-0.15, -0.1) is 0 Å². The first-order valence-corrected chi connectivity index (χ1v) is 13.9. The molecule has 0 radical (unpaired) electrons. The van der Waals surface area contributed by atoms with Crippen molar-refractivity contribution in [1.82, 2.24) is 14.7 Å². The second-order valence-electron chi connectivity index (χ2n) is 11.5. The minimum absolute atomic E-state index is 0.0783. The smallest absolute Gasteiger partial charge is 0.410 e. The Bertz CT molecular complexity index is 1610. The molecule has 0 saturated carbocycles. The number of nitrogens with two attached hydrogens (primary N) is 1. The van der Waals surface area contributed by atoms with E-state index >= 15 is 0 Å². The van der Waals surface area contributed by atoms with Crippen molar-refractivity contribution in [3.05, 3.63) is 65.0 Å². The number of rotatable bonds is 4. The lowest BCUT2D eigenvalue weighted by Gasteiger charge is -2.35. The topological polar surface area (TPSA) is 140 Å². The number of carbonyl (C=O) groups excluding carboxylic acids is 4. The lowest BCUT2D eigenvalue weighted by atomic mass is 10.0. The Morgan fingerprint density at radius 1 is 0.929 bits per heavy atom. The molecule has 1 fully saturated rings. The number of nitrogens with zero attached hydrogens (tertiary/aromatic N) is 5. The first kappa shape index (κ1) is 27.3. The van der Waals surface area contributed by atoms with E-state index in [9.17, 15) is 19.2 Å². The van der Waals surface area contributed by atoms with Gasteiger partial charge >= 0.3 is 6.09 Å². The molecule has 1 saturated heterocycles. The third-order valence-corrected chi connectivity index (χ3v) is 7.51. The molecule has 1 aromatic heterocycles. The number of primary amides is 1. The number of amides is 4. The summed E-state index contributed by atoms with van der Waals surface area (Å²) in [5.41, 5.74) is 8.89. The van der Waals surface area contributed by atoms with Gasteiger partial charge in [0.15, 0.2) is 5.69 Å². The molecular formula is C30H32N6O6. The number of aromatic nitrogens is 2. The van der Waals surface area contributed by atoms with Crippen LogP contribution in [0.5, 0.6) is 5.75 Å². The molecule has 0 unspecified atom stereocenters. The van der Waals surface area contributed by atoms with Crippen LogP contribution in [0.25, 0.3) is 5.69 Å². The zero-order valence-corrected chi connectivity index (χ0v) is 23.8. The molecule has 218 valence electrons. The molecule has 6 rings (SSSR count). The fourth-order valence-electron chi connectivity index (χ4n) is 5.54. The van der Waals surface area contributed by atoms with E-state index in [4.69, 9.17) is 15.2 Å². The van der Waals surface area contributed by atoms with E-state index < -0.39 is 17.6 Å². The maximum absolute atomic E-state index is 13.9. The fraction of sp³-hybridized carbons (Fsp3) is 0.367. The van der Waals surface area contributed by atoms with E-state index in [-0.39, 0.29) is 24.1 Å². The largest absolute Gasteiger partial charge is 0.493 e. The summed E-state index contributed by atoms with van der Waals surface area (Å²) in [5.74, 6) is -0.409. The summed E-state index contributed by atoms with van der Waals surface area (Å²) in [5, 5.41) is 4.46. The quantitative estimate of drug-likeness (QED) is 0.507. The third kappa shape index (κ3) is 4.93. The van der Waals surface area contributed by atoms with Gasteiger partial charge in [-0.1, -0.05) is 0 Å². The van der Waals surface area contributed by atoms with Crippen molar-refractivity contribution < 1.29 is 28.7 Å². The minimum atomic E-state index is -0.684. The lowest BCUT2D eigenvalue weighted by Crippen LogP contribution is -2.53. The normalized spacial score (nSPS) is 16.7. The van der Waals surface area contributed by atoms with Crippen LogP contribution < -0.4 is 20.3 Å². The lowest BCUT2D eigenvalue weighted by molar-refractivity contribution is -0.121. The number of ether oxygens (including phenoxy) is 2. The maximum Gasteiger partial charge on any atom is 0.410 e. The van der Waals surface area contributed by atoms with E-state index in [0.29, 0.717) is 61.0 Å². The van der Waals surface area contributed by atoms with Crippen molar-refractivity contribution in [2.75, 3.05) is 42.6 Å². The molecule has 3 aliphatic rings. The predicted octanol–water partition coefficient (Wildman–Crippen LogP) is 2.69. The van der Waals surface area contributed by atoms with Gasteiger partial charge in [0.1, 0.15) is 23.6 Å². The summed E-state index contributed by atoms with van der Waals surface area (Å²) in [7, 11) is 0.